The van der Waals surface area contributed by atoms with Gasteiger partial charge in [-0.3, -0.25) is 4.79 Å². The van der Waals surface area contributed by atoms with Crippen LogP contribution in [0.1, 0.15) is 28.9 Å². The van der Waals surface area contributed by atoms with Crippen molar-refractivity contribution in [3.05, 3.63) is 53.6 Å². The largest absolute Gasteiger partial charge is 0.496 e. The molecule has 8 nitrogen and oxygen atoms in total. The van der Waals surface area contributed by atoms with Gasteiger partial charge >= 0.3 is 0 Å². The highest BCUT2D eigenvalue weighted by Gasteiger charge is 2.30. The Labute approximate surface area is 176 Å². The van der Waals surface area contributed by atoms with Gasteiger partial charge in [0.1, 0.15) is 16.4 Å². The van der Waals surface area contributed by atoms with Crippen LogP contribution < -0.4 is 14.8 Å². The Morgan fingerprint density at radius 2 is 1.73 bits per heavy atom. The second kappa shape index (κ2) is 9.46. The molecular weight excluding hydrogens is 408 g/mol. The molecule has 1 amide bonds. The zero-order valence-electron chi connectivity index (χ0n) is 17.3. The number of amides is 1. The zero-order valence-corrected chi connectivity index (χ0v) is 18.1. The van der Waals surface area contributed by atoms with Crippen LogP contribution in [0.2, 0.25) is 0 Å². The molecule has 0 saturated carbocycles. The van der Waals surface area contributed by atoms with Crippen LogP contribution in [0.15, 0.2) is 47.4 Å². The van der Waals surface area contributed by atoms with Gasteiger partial charge in [-0.15, -0.1) is 0 Å². The summed E-state index contributed by atoms with van der Waals surface area (Å²) in [5.41, 5.74) is 1.05. The van der Waals surface area contributed by atoms with Crippen molar-refractivity contribution in [2.75, 3.05) is 40.5 Å². The first-order valence-corrected chi connectivity index (χ1v) is 11.0. The second-order valence-corrected chi connectivity index (χ2v) is 8.73. The van der Waals surface area contributed by atoms with E-state index in [2.05, 4.69) is 5.32 Å². The molecule has 2 aromatic carbocycles. The summed E-state index contributed by atoms with van der Waals surface area (Å²) in [6, 6.07) is 11.5. The minimum absolute atomic E-state index is 0.0375. The molecule has 9 heteroatoms. The Kier molecular flexibility index (Phi) is 6.96. The van der Waals surface area contributed by atoms with E-state index in [0.29, 0.717) is 19.0 Å². The molecule has 1 aliphatic rings. The maximum absolute atomic E-state index is 13.1. The van der Waals surface area contributed by atoms with Gasteiger partial charge in [0, 0.05) is 24.2 Å². The fourth-order valence-electron chi connectivity index (χ4n) is 3.33. The molecule has 3 rings (SSSR count). The number of hydrogen-bond acceptors (Lipinski definition) is 6. The number of sulfonamides is 1. The highest BCUT2D eigenvalue weighted by molar-refractivity contribution is 7.89. The number of carbonyl (C=O) groups excluding carboxylic acids is 1. The van der Waals surface area contributed by atoms with E-state index in [1.54, 1.807) is 13.2 Å². The van der Waals surface area contributed by atoms with E-state index in [4.69, 9.17) is 14.2 Å². The topological polar surface area (TPSA) is 94.2 Å². The van der Waals surface area contributed by atoms with E-state index in [0.717, 1.165) is 5.56 Å². The van der Waals surface area contributed by atoms with Crippen LogP contribution in [0.3, 0.4) is 0 Å². The van der Waals surface area contributed by atoms with Crippen molar-refractivity contribution >= 4 is 15.9 Å². The maximum atomic E-state index is 13.1. The summed E-state index contributed by atoms with van der Waals surface area (Å²) >= 11 is 0. The maximum Gasteiger partial charge on any atom is 0.251 e. The van der Waals surface area contributed by atoms with Gasteiger partial charge in [-0.05, 0) is 31.2 Å². The molecule has 0 radical (unpaired) electrons. The number of para-hydroxylation sites is 1. The van der Waals surface area contributed by atoms with E-state index < -0.39 is 15.9 Å². The molecule has 1 N–H and O–H groups in total. The lowest BCUT2D eigenvalue weighted by molar-refractivity contribution is 0.0729. The van der Waals surface area contributed by atoms with Gasteiger partial charge in [0.25, 0.3) is 5.91 Å². The monoisotopic (exact) mass is 434 g/mol. The lowest BCUT2D eigenvalue weighted by Gasteiger charge is -2.27. The average molecular weight is 435 g/mol. The number of morpholine rings is 1. The molecule has 0 aromatic heterocycles. The van der Waals surface area contributed by atoms with E-state index >= 15 is 0 Å². The molecule has 0 aliphatic carbocycles. The van der Waals surface area contributed by atoms with Crippen molar-refractivity contribution in [3.63, 3.8) is 0 Å². The molecule has 0 spiro atoms. The van der Waals surface area contributed by atoms with Gasteiger partial charge in [-0.2, -0.15) is 4.31 Å². The first-order chi connectivity index (χ1) is 14.4. The molecule has 0 bridgehead atoms. The minimum Gasteiger partial charge on any atom is -0.496 e. The Balaban J connectivity index is 1.87. The number of methoxy groups -OCH3 is 2. The molecule has 1 fully saturated rings. The van der Waals surface area contributed by atoms with Gasteiger partial charge in [0.15, 0.2) is 0 Å². The number of nitrogens with zero attached hydrogens (tertiary/aromatic N) is 1. The fourth-order valence-corrected chi connectivity index (χ4v) is 4.92. The number of nitrogens with one attached hydrogen (secondary N) is 1. The van der Waals surface area contributed by atoms with Crippen LogP contribution in [-0.2, 0) is 14.8 Å². The first-order valence-electron chi connectivity index (χ1n) is 9.58. The van der Waals surface area contributed by atoms with Gasteiger partial charge in [-0.25, -0.2) is 8.42 Å². The molecule has 1 aliphatic heterocycles. The summed E-state index contributed by atoms with van der Waals surface area (Å²) < 4.78 is 43.4. The third kappa shape index (κ3) is 4.58. The SMILES string of the molecule is COc1ccccc1[C@H](C)NC(=O)c1ccc(OC)c(S(=O)(=O)N2CCOCC2)c1. The Morgan fingerprint density at radius 3 is 2.40 bits per heavy atom. The number of benzene rings is 2. The normalized spacial score (nSPS) is 16.0. The lowest BCUT2D eigenvalue weighted by atomic mass is 10.1. The summed E-state index contributed by atoms with van der Waals surface area (Å²) in [4.78, 5) is 12.8. The minimum atomic E-state index is -3.82. The third-order valence-electron chi connectivity index (χ3n) is 4.97. The van der Waals surface area contributed by atoms with Crippen molar-refractivity contribution < 1.29 is 27.4 Å². The lowest BCUT2D eigenvalue weighted by Crippen LogP contribution is -2.40. The van der Waals surface area contributed by atoms with Crippen molar-refractivity contribution in [1.82, 2.24) is 9.62 Å². The number of ether oxygens (including phenoxy) is 3. The molecule has 0 unspecified atom stereocenters. The van der Waals surface area contributed by atoms with Crippen LogP contribution in [-0.4, -0.2) is 59.2 Å². The summed E-state index contributed by atoms with van der Waals surface area (Å²) in [6.45, 7) is 3.01. The predicted octanol–water partition coefficient (Wildman–Crippen LogP) is 2.22. The van der Waals surface area contributed by atoms with Crippen LogP contribution in [0.25, 0.3) is 0 Å². The standard InChI is InChI=1S/C21H26N2O6S/c1-15(17-6-4-5-7-18(17)27-2)22-21(24)16-8-9-19(28-3)20(14-16)30(25,26)23-10-12-29-13-11-23/h4-9,14-15H,10-13H2,1-3H3,(H,22,24)/t15-/m0/s1. The van der Waals surface area contributed by atoms with Crippen LogP contribution >= 0.6 is 0 Å². The van der Waals surface area contributed by atoms with Gasteiger partial charge in [0.05, 0.1) is 33.5 Å². The zero-order chi connectivity index (χ0) is 21.7. The van der Waals surface area contributed by atoms with Gasteiger partial charge < -0.3 is 19.5 Å². The summed E-state index contributed by atoms with van der Waals surface area (Å²) in [7, 11) is -0.855. The van der Waals surface area contributed by atoms with Crippen molar-refractivity contribution in [3.8, 4) is 11.5 Å². The quantitative estimate of drug-likeness (QED) is 0.718. The van der Waals surface area contributed by atoms with Crippen LogP contribution in [0.5, 0.6) is 11.5 Å². The van der Waals surface area contributed by atoms with Crippen molar-refractivity contribution in [2.45, 2.75) is 17.9 Å². The molecule has 30 heavy (non-hydrogen) atoms. The van der Waals surface area contributed by atoms with Crippen LogP contribution in [0, 0.1) is 0 Å². The Hall–Kier alpha value is -2.62. The van der Waals surface area contributed by atoms with E-state index in [9.17, 15) is 13.2 Å². The smallest absolute Gasteiger partial charge is 0.251 e. The predicted molar refractivity (Wildman–Crippen MR) is 111 cm³/mol. The summed E-state index contributed by atoms with van der Waals surface area (Å²) in [5.74, 6) is 0.459. The van der Waals surface area contributed by atoms with Crippen molar-refractivity contribution in [1.29, 1.82) is 0 Å². The molecular formula is C21H26N2O6S. The fraction of sp³-hybridized carbons (Fsp3) is 0.381. The average Bonchev–Trinajstić information content (AvgIpc) is 2.79. The van der Waals surface area contributed by atoms with Crippen LogP contribution in [0.4, 0.5) is 0 Å². The first kappa shape index (κ1) is 22.1. The Bertz CT molecular complexity index is 1000. The Morgan fingerprint density at radius 1 is 1.07 bits per heavy atom. The van der Waals surface area contributed by atoms with Crippen molar-refractivity contribution in [2.24, 2.45) is 0 Å². The molecule has 1 saturated heterocycles. The molecule has 1 atom stereocenters. The van der Waals surface area contributed by atoms with E-state index in [-0.39, 0.29) is 35.3 Å². The molecule has 162 valence electrons. The second-order valence-electron chi connectivity index (χ2n) is 6.82. The van der Waals surface area contributed by atoms with E-state index in [1.807, 2.05) is 31.2 Å². The molecule has 2 aromatic rings. The number of hydrogen-bond donors (Lipinski definition) is 1. The van der Waals surface area contributed by atoms with Gasteiger partial charge in [-0.1, -0.05) is 18.2 Å². The summed E-state index contributed by atoms with van der Waals surface area (Å²) in [5, 5.41) is 2.89. The third-order valence-corrected chi connectivity index (χ3v) is 6.89. The van der Waals surface area contributed by atoms with Gasteiger partial charge in [0.2, 0.25) is 10.0 Å². The highest BCUT2D eigenvalue weighted by atomic mass is 32.2. The summed E-state index contributed by atoms with van der Waals surface area (Å²) in [6.07, 6.45) is 0. The van der Waals surface area contributed by atoms with E-state index in [1.165, 1.54) is 23.5 Å². The number of rotatable bonds is 7. The number of carbonyl (C=O) groups is 1. The highest BCUT2D eigenvalue weighted by Crippen LogP contribution is 2.29. The molecule has 1 heterocycles.